The van der Waals surface area contributed by atoms with Gasteiger partial charge in [-0.2, -0.15) is 0 Å². The van der Waals surface area contributed by atoms with Crippen molar-refractivity contribution in [3.8, 4) is 0 Å². The molecule has 4 heteroatoms. The van der Waals surface area contributed by atoms with Gasteiger partial charge in [0.1, 0.15) is 0 Å². The molecular weight excluding hydrogens is 278 g/mol. The number of nitrogens with zero attached hydrogens (tertiary/aromatic N) is 2. The van der Waals surface area contributed by atoms with Crippen LogP contribution in [0.1, 0.15) is 30.5 Å². The summed E-state index contributed by atoms with van der Waals surface area (Å²) in [7, 11) is 0. The summed E-state index contributed by atoms with van der Waals surface area (Å²) in [6.07, 6.45) is 6.38. The van der Waals surface area contributed by atoms with Crippen molar-refractivity contribution in [3.05, 3.63) is 59.4 Å². The summed E-state index contributed by atoms with van der Waals surface area (Å²) in [5, 5.41) is 5.62. The minimum Gasteiger partial charge on any atom is -0.316 e. The van der Waals surface area contributed by atoms with Crippen molar-refractivity contribution in [2.45, 2.75) is 25.7 Å². The Morgan fingerprint density at radius 3 is 2.90 bits per heavy atom. The minimum atomic E-state index is 0.474. The van der Waals surface area contributed by atoms with E-state index in [1.165, 1.54) is 17.7 Å². The molecule has 3 nitrogen and oxygen atoms in total. The molecule has 0 spiro atoms. The first kappa shape index (κ1) is 14.3. The third kappa shape index (κ3) is 3.52. The van der Waals surface area contributed by atoms with Crippen LogP contribution in [0, 0.1) is 0 Å². The van der Waals surface area contributed by atoms with E-state index in [2.05, 4.69) is 64.7 Å². The quantitative estimate of drug-likeness (QED) is 0.674. The maximum Gasteiger partial charge on any atom is 0.193 e. The number of imidazole rings is 1. The molecule has 0 saturated heterocycles. The second-order valence-electron chi connectivity index (χ2n) is 5.34. The lowest BCUT2D eigenvalue weighted by atomic mass is 9.94. The molecule has 2 heterocycles. The highest BCUT2D eigenvalue weighted by atomic mass is 32.1. The molecule has 1 atom stereocenters. The first-order valence-corrected chi connectivity index (χ1v) is 8.41. The number of fused-ring (bicyclic) bond motifs is 1. The third-order valence-corrected chi connectivity index (χ3v) is 4.46. The van der Waals surface area contributed by atoms with Gasteiger partial charge in [-0.15, -0.1) is 11.3 Å². The van der Waals surface area contributed by atoms with Gasteiger partial charge in [0.2, 0.25) is 0 Å². The van der Waals surface area contributed by atoms with Gasteiger partial charge >= 0.3 is 0 Å². The van der Waals surface area contributed by atoms with E-state index in [-0.39, 0.29) is 0 Å². The smallest absolute Gasteiger partial charge is 0.193 e. The number of rotatable bonds is 7. The monoisotopic (exact) mass is 299 g/mol. The molecule has 2 aromatic heterocycles. The Labute approximate surface area is 129 Å². The van der Waals surface area contributed by atoms with Gasteiger partial charge in [0.25, 0.3) is 0 Å². The fourth-order valence-corrected chi connectivity index (χ4v) is 3.33. The van der Waals surface area contributed by atoms with E-state index in [0.29, 0.717) is 5.92 Å². The molecule has 1 unspecified atom stereocenters. The standard InChI is InChI=1S/C17H21N3S/c1-2-8-18-12-15(14-6-4-3-5-7-14)11-16-13-20-9-10-21-17(20)19-16/h3-7,9-10,13,15,18H,2,8,11-12H2,1H3. The number of hydrogen-bond donors (Lipinski definition) is 1. The first-order valence-electron chi connectivity index (χ1n) is 7.53. The molecule has 0 aliphatic carbocycles. The highest BCUT2D eigenvalue weighted by molar-refractivity contribution is 7.15. The maximum absolute atomic E-state index is 4.72. The SMILES string of the molecule is CCCNCC(Cc1cn2ccsc2n1)c1ccccc1. The largest absolute Gasteiger partial charge is 0.316 e. The summed E-state index contributed by atoms with van der Waals surface area (Å²) in [4.78, 5) is 5.80. The topological polar surface area (TPSA) is 29.3 Å². The zero-order valence-electron chi connectivity index (χ0n) is 12.3. The van der Waals surface area contributed by atoms with E-state index in [1.807, 2.05) is 0 Å². The lowest BCUT2D eigenvalue weighted by Crippen LogP contribution is -2.23. The van der Waals surface area contributed by atoms with Crippen LogP contribution in [-0.4, -0.2) is 22.5 Å². The van der Waals surface area contributed by atoms with Gasteiger partial charge in [0.05, 0.1) is 5.69 Å². The van der Waals surface area contributed by atoms with Crippen molar-refractivity contribution in [1.82, 2.24) is 14.7 Å². The van der Waals surface area contributed by atoms with E-state index in [4.69, 9.17) is 4.98 Å². The Morgan fingerprint density at radius 2 is 2.14 bits per heavy atom. The van der Waals surface area contributed by atoms with Gasteiger partial charge in [-0.25, -0.2) is 4.98 Å². The van der Waals surface area contributed by atoms with Gasteiger partial charge in [-0.05, 0) is 24.9 Å². The summed E-state index contributed by atoms with van der Waals surface area (Å²) >= 11 is 1.69. The van der Waals surface area contributed by atoms with Crippen molar-refractivity contribution in [2.24, 2.45) is 0 Å². The van der Waals surface area contributed by atoms with Crippen molar-refractivity contribution in [3.63, 3.8) is 0 Å². The van der Waals surface area contributed by atoms with Crippen molar-refractivity contribution < 1.29 is 0 Å². The van der Waals surface area contributed by atoms with Crippen LogP contribution in [0.3, 0.4) is 0 Å². The minimum absolute atomic E-state index is 0.474. The van der Waals surface area contributed by atoms with Crippen LogP contribution in [-0.2, 0) is 6.42 Å². The molecule has 0 aliphatic rings. The van der Waals surface area contributed by atoms with Crippen LogP contribution in [0.15, 0.2) is 48.1 Å². The summed E-state index contributed by atoms with van der Waals surface area (Å²) in [5.41, 5.74) is 2.56. The predicted molar refractivity (Wildman–Crippen MR) is 89.1 cm³/mol. The molecule has 0 bridgehead atoms. The number of hydrogen-bond acceptors (Lipinski definition) is 3. The second-order valence-corrected chi connectivity index (χ2v) is 6.21. The molecule has 21 heavy (non-hydrogen) atoms. The van der Waals surface area contributed by atoms with Gasteiger partial charge in [0, 0.05) is 30.2 Å². The molecule has 0 fully saturated rings. The van der Waals surface area contributed by atoms with E-state index >= 15 is 0 Å². The number of thiazole rings is 1. The average Bonchev–Trinajstić information content (AvgIpc) is 3.08. The molecule has 1 aromatic carbocycles. The Bertz CT molecular complexity index is 643. The highest BCUT2D eigenvalue weighted by Gasteiger charge is 2.14. The molecule has 110 valence electrons. The fourth-order valence-electron chi connectivity index (χ4n) is 2.61. The van der Waals surface area contributed by atoms with Crippen molar-refractivity contribution in [2.75, 3.05) is 13.1 Å². The summed E-state index contributed by atoms with van der Waals surface area (Å²) in [6.45, 7) is 4.28. The number of aromatic nitrogens is 2. The normalized spacial score (nSPS) is 12.8. The van der Waals surface area contributed by atoms with Crippen molar-refractivity contribution in [1.29, 1.82) is 0 Å². The molecule has 0 amide bonds. The van der Waals surface area contributed by atoms with Crippen LogP contribution in [0.25, 0.3) is 4.96 Å². The van der Waals surface area contributed by atoms with E-state index in [1.54, 1.807) is 11.3 Å². The first-order chi connectivity index (χ1) is 10.4. The zero-order valence-corrected chi connectivity index (χ0v) is 13.1. The fraction of sp³-hybridized carbons (Fsp3) is 0.353. The van der Waals surface area contributed by atoms with Gasteiger partial charge in [-0.1, -0.05) is 37.3 Å². The van der Waals surface area contributed by atoms with Crippen LogP contribution >= 0.6 is 11.3 Å². The van der Waals surface area contributed by atoms with Crippen LogP contribution in [0.5, 0.6) is 0 Å². The van der Waals surface area contributed by atoms with E-state index in [0.717, 1.165) is 24.5 Å². The van der Waals surface area contributed by atoms with E-state index in [9.17, 15) is 0 Å². The molecule has 0 aliphatic heterocycles. The van der Waals surface area contributed by atoms with Crippen molar-refractivity contribution >= 4 is 16.3 Å². The maximum atomic E-state index is 4.72. The predicted octanol–water partition coefficient (Wildman–Crippen LogP) is 3.72. The number of benzene rings is 1. The van der Waals surface area contributed by atoms with E-state index < -0.39 is 0 Å². The Morgan fingerprint density at radius 1 is 1.29 bits per heavy atom. The molecule has 0 saturated carbocycles. The molecule has 3 rings (SSSR count). The summed E-state index contributed by atoms with van der Waals surface area (Å²) < 4.78 is 2.11. The Hall–Kier alpha value is -1.65. The molecule has 3 aromatic rings. The third-order valence-electron chi connectivity index (χ3n) is 3.69. The van der Waals surface area contributed by atoms with Crippen LogP contribution < -0.4 is 5.32 Å². The van der Waals surface area contributed by atoms with Crippen LogP contribution in [0.2, 0.25) is 0 Å². The second kappa shape index (κ2) is 6.87. The lowest BCUT2D eigenvalue weighted by Gasteiger charge is -2.17. The molecule has 0 radical (unpaired) electrons. The van der Waals surface area contributed by atoms with Gasteiger partial charge in [-0.3, -0.25) is 4.40 Å². The lowest BCUT2D eigenvalue weighted by molar-refractivity contribution is 0.573. The highest BCUT2D eigenvalue weighted by Crippen LogP contribution is 2.21. The Kier molecular flexibility index (Phi) is 4.68. The Balaban J connectivity index is 1.76. The average molecular weight is 299 g/mol. The summed E-state index contributed by atoms with van der Waals surface area (Å²) in [6, 6.07) is 10.8. The molecule has 1 N–H and O–H groups in total. The van der Waals surface area contributed by atoms with Gasteiger partial charge in [0.15, 0.2) is 4.96 Å². The zero-order chi connectivity index (χ0) is 14.5. The number of nitrogens with one attached hydrogen (secondary N) is 1. The van der Waals surface area contributed by atoms with Gasteiger partial charge < -0.3 is 5.32 Å². The molecular formula is C17H21N3S. The summed E-state index contributed by atoms with van der Waals surface area (Å²) in [5.74, 6) is 0.474. The van der Waals surface area contributed by atoms with Crippen LogP contribution in [0.4, 0.5) is 0 Å².